The van der Waals surface area contributed by atoms with Crippen LogP contribution in [0.3, 0.4) is 0 Å². The number of alkyl halides is 3. The van der Waals surface area contributed by atoms with Gasteiger partial charge in [0.25, 0.3) is 0 Å². The van der Waals surface area contributed by atoms with Crippen LogP contribution in [0, 0.1) is 5.82 Å². The number of hydrogen-bond acceptors (Lipinski definition) is 2. The SMILES string of the molecule is NN=Cc1ccc(-c2ccc(F)c(C(F)(F)F)c2)cc1. The number of hydrogen-bond donors (Lipinski definition) is 1. The smallest absolute Gasteiger partial charge is 0.323 e. The minimum atomic E-state index is -4.72. The van der Waals surface area contributed by atoms with Crippen LogP contribution in [0.25, 0.3) is 11.1 Å². The Morgan fingerprint density at radius 1 is 0.950 bits per heavy atom. The van der Waals surface area contributed by atoms with Gasteiger partial charge in [0.2, 0.25) is 0 Å². The van der Waals surface area contributed by atoms with Gasteiger partial charge < -0.3 is 5.84 Å². The quantitative estimate of drug-likeness (QED) is 0.387. The van der Waals surface area contributed by atoms with Crippen molar-refractivity contribution in [2.75, 3.05) is 0 Å². The Hall–Kier alpha value is -2.37. The predicted octanol–water partition coefficient (Wildman–Crippen LogP) is 3.80. The maximum absolute atomic E-state index is 13.2. The zero-order valence-corrected chi connectivity index (χ0v) is 10.2. The van der Waals surface area contributed by atoms with E-state index in [1.807, 2.05) is 0 Å². The Labute approximate surface area is 112 Å². The van der Waals surface area contributed by atoms with E-state index in [-0.39, 0.29) is 5.56 Å². The largest absolute Gasteiger partial charge is 0.419 e. The van der Waals surface area contributed by atoms with E-state index in [0.717, 1.165) is 17.7 Å². The molecule has 0 bridgehead atoms. The van der Waals surface area contributed by atoms with Crippen molar-refractivity contribution in [3.8, 4) is 11.1 Å². The molecule has 0 aromatic heterocycles. The molecule has 6 heteroatoms. The van der Waals surface area contributed by atoms with Crippen LogP contribution in [0.2, 0.25) is 0 Å². The molecule has 2 aromatic rings. The van der Waals surface area contributed by atoms with E-state index in [0.29, 0.717) is 5.56 Å². The Balaban J connectivity index is 2.43. The summed E-state index contributed by atoms with van der Waals surface area (Å²) in [6.07, 6.45) is -3.30. The van der Waals surface area contributed by atoms with Crippen molar-refractivity contribution in [3.63, 3.8) is 0 Å². The Morgan fingerprint density at radius 3 is 2.10 bits per heavy atom. The zero-order valence-electron chi connectivity index (χ0n) is 10.2. The summed E-state index contributed by atoms with van der Waals surface area (Å²) in [5.74, 6) is 3.71. The van der Waals surface area contributed by atoms with Crippen LogP contribution in [0.1, 0.15) is 11.1 Å². The number of benzene rings is 2. The summed E-state index contributed by atoms with van der Waals surface area (Å²) < 4.78 is 51.1. The fourth-order valence-electron chi connectivity index (χ4n) is 1.77. The molecule has 20 heavy (non-hydrogen) atoms. The maximum Gasteiger partial charge on any atom is 0.419 e. The monoisotopic (exact) mass is 282 g/mol. The minimum Gasteiger partial charge on any atom is -0.323 e. The van der Waals surface area contributed by atoms with Crippen molar-refractivity contribution < 1.29 is 17.6 Å². The van der Waals surface area contributed by atoms with Crippen molar-refractivity contribution in [2.24, 2.45) is 10.9 Å². The molecule has 0 fully saturated rings. The van der Waals surface area contributed by atoms with Crippen LogP contribution in [0.15, 0.2) is 47.6 Å². The van der Waals surface area contributed by atoms with E-state index in [9.17, 15) is 17.6 Å². The van der Waals surface area contributed by atoms with Gasteiger partial charge in [-0.15, -0.1) is 0 Å². The molecule has 0 amide bonds. The lowest BCUT2D eigenvalue weighted by atomic mass is 10.0. The number of hydrazone groups is 1. The number of rotatable bonds is 2. The highest BCUT2D eigenvalue weighted by Gasteiger charge is 2.34. The third-order valence-electron chi connectivity index (χ3n) is 2.74. The molecule has 2 nitrogen and oxygen atoms in total. The normalized spacial score (nSPS) is 12.0. The molecule has 2 aromatic carbocycles. The number of halogens is 4. The van der Waals surface area contributed by atoms with Gasteiger partial charge in [-0.1, -0.05) is 30.3 Å². The molecule has 0 atom stereocenters. The van der Waals surface area contributed by atoms with Crippen LogP contribution >= 0.6 is 0 Å². The molecule has 0 saturated carbocycles. The second-order valence-corrected chi connectivity index (χ2v) is 4.09. The van der Waals surface area contributed by atoms with E-state index in [4.69, 9.17) is 5.84 Å². The van der Waals surface area contributed by atoms with Gasteiger partial charge in [0, 0.05) is 0 Å². The molecule has 0 radical (unpaired) electrons. The molecule has 0 aliphatic rings. The van der Waals surface area contributed by atoms with Crippen molar-refractivity contribution in [1.29, 1.82) is 0 Å². The summed E-state index contributed by atoms with van der Waals surface area (Å²) in [4.78, 5) is 0. The molecule has 0 aliphatic carbocycles. The van der Waals surface area contributed by atoms with Gasteiger partial charge in [-0.05, 0) is 28.8 Å². The van der Waals surface area contributed by atoms with Crippen molar-refractivity contribution in [1.82, 2.24) is 0 Å². The molecule has 0 saturated heterocycles. The van der Waals surface area contributed by atoms with Gasteiger partial charge in [0.1, 0.15) is 5.82 Å². The first-order valence-corrected chi connectivity index (χ1v) is 5.62. The Bertz CT molecular complexity index is 631. The van der Waals surface area contributed by atoms with Gasteiger partial charge in [0.15, 0.2) is 0 Å². The lowest BCUT2D eigenvalue weighted by Gasteiger charge is -2.10. The molecule has 2 N–H and O–H groups in total. The molecule has 2 rings (SSSR count). The number of nitrogens with zero attached hydrogens (tertiary/aromatic N) is 1. The van der Waals surface area contributed by atoms with Gasteiger partial charge in [-0.25, -0.2) is 4.39 Å². The van der Waals surface area contributed by atoms with E-state index >= 15 is 0 Å². The van der Waals surface area contributed by atoms with Gasteiger partial charge in [0.05, 0.1) is 11.8 Å². The lowest BCUT2D eigenvalue weighted by Crippen LogP contribution is -2.08. The van der Waals surface area contributed by atoms with Crippen LogP contribution < -0.4 is 5.84 Å². The Kier molecular flexibility index (Phi) is 3.74. The highest BCUT2D eigenvalue weighted by Crippen LogP contribution is 2.34. The summed E-state index contributed by atoms with van der Waals surface area (Å²) in [6, 6.07) is 9.45. The molecule has 0 unspecified atom stereocenters. The average molecular weight is 282 g/mol. The summed E-state index contributed by atoms with van der Waals surface area (Å²) in [5.41, 5.74) is 0.275. The minimum absolute atomic E-state index is 0.287. The molecule has 0 spiro atoms. The molecular formula is C14H10F4N2. The second kappa shape index (κ2) is 5.32. The highest BCUT2D eigenvalue weighted by molar-refractivity contribution is 5.80. The molecule has 0 aliphatic heterocycles. The average Bonchev–Trinajstić information content (AvgIpc) is 2.39. The molecule has 104 valence electrons. The summed E-state index contributed by atoms with van der Waals surface area (Å²) in [6.45, 7) is 0. The summed E-state index contributed by atoms with van der Waals surface area (Å²) >= 11 is 0. The standard InChI is InChI=1S/C14H10F4N2/c15-13-6-5-11(7-12(13)14(16,17)18)10-3-1-9(2-4-10)8-20-19/h1-8H,19H2. The first kappa shape index (κ1) is 14.0. The van der Waals surface area contributed by atoms with E-state index in [1.54, 1.807) is 24.3 Å². The Morgan fingerprint density at radius 2 is 1.55 bits per heavy atom. The maximum atomic E-state index is 13.2. The summed E-state index contributed by atoms with van der Waals surface area (Å²) in [7, 11) is 0. The van der Waals surface area contributed by atoms with E-state index in [1.165, 1.54) is 12.3 Å². The van der Waals surface area contributed by atoms with Gasteiger partial charge in [-0.3, -0.25) is 0 Å². The second-order valence-electron chi connectivity index (χ2n) is 4.09. The number of nitrogens with two attached hydrogens (primary N) is 1. The molecule has 0 heterocycles. The highest BCUT2D eigenvalue weighted by atomic mass is 19.4. The fraction of sp³-hybridized carbons (Fsp3) is 0.0714. The van der Waals surface area contributed by atoms with Crippen LogP contribution in [-0.4, -0.2) is 6.21 Å². The first-order chi connectivity index (χ1) is 9.41. The van der Waals surface area contributed by atoms with Gasteiger partial charge in [-0.2, -0.15) is 18.3 Å². The van der Waals surface area contributed by atoms with Crippen LogP contribution in [-0.2, 0) is 6.18 Å². The predicted molar refractivity (Wildman–Crippen MR) is 68.6 cm³/mol. The summed E-state index contributed by atoms with van der Waals surface area (Å²) in [5, 5.41) is 3.34. The van der Waals surface area contributed by atoms with Crippen LogP contribution in [0.4, 0.5) is 17.6 Å². The zero-order chi connectivity index (χ0) is 14.8. The van der Waals surface area contributed by atoms with E-state index < -0.39 is 17.6 Å². The van der Waals surface area contributed by atoms with Crippen molar-refractivity contribution in [2.45, 2.75) is 6.18 Å². The van der Waals surface area contributed by atoms with Crippen LogP contribution in [0.5, 0.6) is 0 Å². The van der Waals surface area contributed by atoms with Crippen molar-refractivity contribution >= 4 is 6.21 Å². The van der Waals surface area contributed by atoms with E-state index in [2.05, 4.69) is 5.10 Å². The topological polar surface area (TPSA) is 38.4 Å². The van der Waals surface area contributed by atoms with Gasteiger partial charge >= 0.3 is 6.18 Å². The van der Waals surface area contributed by atoms with Crippen molar-refractivity contribution in [3.05, 3.63) is 59.4 Å². The molecular weight excluding hydrogens is 272 g/mol. The third kappa shape index (κ3) is 2.96. The lowest BCUT2D eigenvalue weighted by molar-refractivity contribution is -0.139. The fourth-order valence-corrected chi connectivity index (χ4v) is 1.77. The third-order valence-corrected chi connectivity index (χ3v) is 2.74. The first-order valence-electron chi connectivity index (χ1n) is 5.62.